The maximum atomic E-state index is 12.4. The van der Waals surface area contributed by atoms with Gasteiger partial charge in [-0.1, -0.05) is 6.42 Å². The van der Waals surface area contributed by atoms with E-state index in [0.717, 1.165) is 43.9 Å². The van der Waals surface area contributed by atoms with Crippen molar-refractivity contribution in [3.8, 4) is 0 Å². The summed E-state index contributed by atoms with van der Waals surface area (Å²) in [6.07, 6.45) is 5.73. The van der Waals surface area contributed by atoms with Gasteiger partial charge in [-0.15, -0.1) is 11.3 Å². The molecule has 0 N–H and O–H groups in total. The van der Waals surface area contributed by atoms with Crippen molar-refractivity contribution in [3.63, 3.8) is 0 Å². The Morgan fingerprint density at radius 2 is 2.24 bits per heavy atom. The van der Waals surface area contributed by atoms with E-state index in [4.69, 9.17) is 0 Å². The van der Waals surface area contributed by atoms with Crippen molar-refractivity contribution in [1.29, 1.82) is 0 Å². The predicted molar refractivity (Wildman–Crippen MR) is 85.3 cm³/mol. The van der Waals surface area contributed by atoms with Gasteiger partial charge in [0.1, 0.15) is 0 Å². The minimum Gasteiger partial charge on any atom is -0.341 e. The molecule has 116 valence electrons. The number of carbonyl (C=O) groups is 1. The van der Waals surface area contributed by atoms with E-state index in [1.807, 2.05) is 11.9 Å². The number of aromatic nitrogens is 1. The second-order valence-corrected chi connectivity index (χ2v) is 7.53. The molecular formula is C16H25N3OS. The van der Waals surface area contributed by atoms with Gasteiger partial charge < -0.3 is 4.90 Å². The number of piperidine rings is 1. The summed E-state index contributed by atoms with van der Waals surface area (Å²) in [7, 11) is 2.00. The van der Waals surface area contributed by atoms with Crippen LogP contribution >= 0.6 is 11.3 Å². The molecular weight excluding hydrogens is 282 g/mol. The highest BCUT2D eigenvalue weighted by atomic mass is 32.1. The minimum absolute atomic E-state index is 0.312. The number of thiazole rings is 1. The Morgan fingerprint density at radius 3 is 2.86 bits per heavy atom. The summed E-state index contributed by atoms with van der Waals surface area (Å²) in [6, 6.07) is 0.381. The molecule has 21 heavy (non-hydrogen) atoms. The molecule has 1 atom stereocenters. The van der Waals surface area contributed by atoms with E-state index < -0.39 is 0 Å². The number of hydrogen-bond acceptors (Lipinski definition) is 4. The SMILES string of the molecule is Cc1nc(CN2CCCC(N(C)C(=O)C3CCC3)C2)cs1. The second kappa shape index (κ2) is 6.44. The molecule has 2 heterocycles. The standard InChI is InChI=1S/C16H25N3OS/c1-12-17-14(11-21-12)9-19-8-4-7-15(10-19)18(2)16(20)13-5-3-6-13/h11,13,15H,3-10H2,1-2H3. The van der Waals surface area contributed by atoms with Crippen LogP contribution in [-0.2, 0) is 11.3 Å². The molecule has 1 aliphatic heterocycles. The van der Waals surface area contributed by atoms with Crippen LogP contribution in [0.2, 0.25) is 0 Å². The molecule has 2 fully saturated rings. The number of rotatable bonds is 4. The Kier molecular flexibility index (Phi) is 4.60. The lowest BCUT2D eigenvalue weighted by Gasteiger charge is -2.40. The highest BCUT2D eigenvalue weighted by Gasteiger charge is 2.32. The molecule has 5 heteroatoms. The molecule has 2 aliphatic rings. The summed E-state index contributed by atoms with van der Waals surface area (Å²) in [4.78, 5) is 21.4. The molecule has 1 aromatic rings. The van der Waals surface area contributed by atoms with Gasteiger partial charge in [0, 0.05) is 37.5 Å². The molecule has 0 aromatic carbocycles. The fourth-order valence-electron chi connectivity index (χ4n) is 3.32. The summed E-state index contributed by atoms with van der Waals surface area (Å²) in [5.41, 5.74) is 1.17. The van der Waals surface area contributed by atoms with Crippen LogP contribution in [0.3, 0.4) is 0 Å². The number of likely N-dealkylation sites (N-methyl/N-ethyl adjacent to an activating group) is 1. The van der Waals surface area contributed by atoms with Gasteiger partial charge in [0.15, 0.2) is 0 Å². The van der Waals surface area contributed by atoms with Crippen molar-refractivity contribution in [1.82, 2.24) is 14.8 Å². The van der Waals surface area contributed by atoms with Crippen molar-refractivity contribution in [2.24, 2.45) is 5.92 Å². The average molecular weight is 307 g/mol. The second-order valence-electron chi connectivity index (χ2n) is 6.47. The highest BCUT2D eigenvalue weighted by Crippen LogP contribution is 2.29. The molecule has 3 rings (SSSR count). The van der Waals surface area contributed by atoms with Crippen LogP contribution < -0.4 is 0 Å². The van der Waals surface area contributed by atoms with Gasteiger partial charge in [0.2, 0.25) is 5.91 Å². The Morgan fingerprint density at radius 1 is 1.43 bits per heavy atom. The average Bonchev–Trinajstić information content (AvgIpc) is 2.81. The predicted octanol–water partition coefficient (Wildman–Crippen LogP) is 2.67. The largest absolute Gasteiger partial charge is 0.341 e. The molecule has 1 aliphatic carbocycles. The van der Waals surface area contributed by atoms with Crippen LogP contribution in [0.4, 0.5) is 0 Å². The molecule has 1 aromatic heterocycles. The highest BCUT2D eigenvalue weighted by molar-refractivity contribution is 7.09. The number of hydrogen-bond donors (Lipinski definition) is 0. The molecule has 1 saturated carbocycles. The number of aryl methyl sites for hydroxylation is 1. The molecule has 1 unspecified atom stereocenters. The Balaban J connectivity index is 1.56. The summed E-state index contributed by atoms with van der Waals surface area (Å²) >= 11 is 1.72. The smallest absolute Gasteiger partial charge is 0.225 e. The van der Waals surface area contributed by atoms with E-state index >= 15 is 0 Å². The van der Waals surface area contributed by atoms with Crippen LogP contribution in [0.15, 0.2) is 5.38 Å². The van der Waals surface area contributed by atoms with Crippen LogP contribution in [0.1, 0.15) is 42.8 Å². The van der Waals surface area contributed by atoms with Gasteiger partial charge in [-0.2, -0.15) is 0 Å². The third kappa shape index (κ3) is 3.46. The number of amides is 1. The minimum atomic E-state index is 0.312. The van der Waals surface area contributed by atoms with E-state index in [1.54, 1.807) is 11.3 Å². The van der Waals surface area contributed by atoms with Crippen LogP contribution in [-0.4, -0.2) is 46.9 Å². The van der Waals surface area contributed by atoms with E-state index in [2.05, 4.69) is 22.2 Å². The van der Waals surface area contributed by atoms with Gasteiger partial charge in [-0.25, -0.2) is 4.98 Å². The van der Waals surface area contributed by atoms with Crippen molar-refractivity contribution < 1.29 is 4.79 Å². The first-order valence-corrected chi connectivity index (χ1v) is 8.91. The van der Waals surface area contributed by atoms with Crippen LogP contribution in [0, 0.1) is 12.8 Å². The summed E-state index contributed by atoms with van der Waals surface area (Å²) in [5.74, 6) is 0.684. The Hall–Kier alpha value is -0.940. The molecule has 4 nitrogen and oxygen atoms in total. The molecule has 1 saturated heterocycles. The molecule has 0 bridgehead atoms. The Bertz CT molecular complexity index is 497. The molecule has 1 amide bonds. The fraction of sp³-hybridized carbons (Fsp3) is 0.750. The number of likely N-dealkylation sites (tertiary alicyclic amines) is 1. The maximum Gasteiger partial charge on any atom is 0.225 e. The summed E-state index contributed by atoms with van der Waals surface area (Å²) in [5, 5.41) is 3.29. The van der Waals surface area contributed by atoms with Crippen molar-refractivity contribution in [2.45, 2.75) is 51.6 Å². The van der Waals surface area contributed by atoms with Gasteiger partial charge in [0.25, 0.3) is 0 Å². The van der Waals surface area contributed by atoms with E-state index in [0.29, 0.717) is 17.9 Å². The van der Waals surface area contributed by atoms with Crippen molar-refractivity contribution in [3.05, 3.63) is 16.1 Å². The lowest BCUT2D eigenvalue weighted by atomic mass is 9.84. The topological polar surface area (TPSA) is 36.4 Å². The van der Waals surface area contributed by atoms with Crippen molar-refractivity contribution in [2.75, 3.05) is 20.1 Å². The van der Waals surface area contributed by atoms with Crippen LogP contribution in [0.5, 0.6) is 0 Å². The lowest BCUT2D eigenvalue weighted by molar-refractivity contribution is -0.140. The third-order valence-electron chi connectivity index (χ3n) is 4.88. The monoisotopic (exact) mass is 307 g/mol. The number of nitrogens with zero attached hydrogens (tertiary/aromatic N) is 3. The third-order valence-corrected chi connectivity index (χ3v) is 5.70. The quantitative estimate of drug-likeness (QED) is 0.858. The first-order valence-electron chi connectivity index (χ1n) is 8.03. The molecule has 0 spiro atoms. The van der Waals surface area contributed by atoms with E-state index in [1.165, 1.54) is 18.5 Å². The normalized spacial score (nSPS) is 23.8. The fourth-order valence-corrected chi connectivity index (χ4v) is 3.93. The van der Waals surface area contributed by atoms with Gasteiger partial charge in [-0.3, -0.25) is 9.69 Å². The zero-order valence-electron chi connectivity index (χ0n) is 13.0. The van der Waals surface area contributed by atoms with E-state index in [9.17, 15) is 4.79 Å². The first kappa shape index (κ1) is 15.0. The van der Waals surface area contributed by atoms with Gasteiger partial charge in [0.05, 0.1) is 10.7 Å². The Labute approximate surface area is 131 Å². The van der Waals surface area contributed by atoms with Gasteiger partial charge in [-0.05, 0) is 39.2 Å². The summed E-state index contributed by atoms with van der Waals surface area (Å²) in [6.45, 7) is 5.09. The molecule has 0 radical (unpaired) electrons. The van der Waals surface area contributed by atoms with Gasteiger partial charge >= 0.3 is 0 Å². The zero-order valence-corrected chi connectivity index (χ0v) is 13.9. The maximum absolute atomic E-state index is 12.4. The van der Waals surface area contributed by atoms with Crippen molar-refractivity contribution >= 4 is 17.2 Å². The zero-order chi connectivity index (χ0) is 14.8. The number of carbonyl (C=O) groups excluding carboxylic acids is 1. The first-order chi connectivity index (χ1) is 10.1. The lowest BCUT2D eigenvalue weighted by Crippen LogP contribution is -2.50. The van der Waals surface area contributed by atoms with E-state index in [-0.39, 0.29) is 0 Å². The van der Waals surface area contributed by atoms with Crippen LogP contribution in [0.25, 0.3) is 0 Å². The summed E-state index contributed by atoms with van der Waals surface area (Å²) < 4.78 is 0.